The average molecular weight is 364 g/mol. The summed E-state index contributed by atoms with van der Waals surface area (Å²) in [4.78, 5) is 28.9. The number of carbonyl (C=O) groups excluding carboxylic acids is 2. The van der Waals surface area contributed by atoms with E-state index in [1.807, 2.05) is 12.1 Å². The molecule has 1 aliphatic carbocycles. The molecule has 0 radical (unpaired) electrons. The molecule has 1 aromatic heterocycles. The highest BCUT2D eigenvalue weighted by Gasteiger charge is 2.56. The summed E-state index contributed by atoms with van der Waals surface area (Å²) in [6.45, 7) is 0.355. The van der Waals surface area contributed by atoms with Gasteiger partial charge in [-0.25, -0.2) is 0 Å². The molecule has 1 saturated carbocycles. The molecule has 2 N–H and O–H groups in total. The summed E-state index contributed by atoms with van der Waals surface area (Å²) >= 11 is 12.0. The van der Waals surface area contributed by atoms with Crippen LogP contribution in [0.4, 0.5) is 5.69 Å². The highest BCUT2D eigenvalue weighted by Crippen LogP contribution is 2.47. The van der Waals surface area contributed by atoms with E-state index in [9.17, 15) is 9.59 Å². The molecule has 24 heavy (non-hydrogen) atoms. The third kappa shape index (κ3) is 3.52. The number of amides is 2. The molecule has 3 rings (SSSR count). The first-order valence-electron chi connectivity index (χ1n) is 7.45. The van der Waals surface area contributed by atoms with Crippen LogP contribution in [-0.2, 0) is 16.1 Å². The van der Waals surface area contributed by atoms with Gasteiger partial charge in [-0.3, -0.25) is 14.6 Å². The third-order valence-electron chi connectivity index (χ3n) is 4.00. The van der Waals surface area contributed by atoms with Crippen molar-refractivity contribution < 1.29 is 9.59 Å². The monoisotopic (exact) mass is 363 g/mol. The molecule has 5 nitrogen and oxygen atoms in total. The molecule has 0 aliphatic heterocycles. The second kappa shape index (κ2) is 6.79. The number of anilines is 1. The number of rotatable bonds is 5. The summed E-state index contributed by atoms with van der Waals surface area (Å²) in [5, 5.41) is 6.35. The minimum atomic E-state index is -1.03. The zero-order valence-corrected chi connectivity index (χ0v) is 14.2. The number of benzene rings is 1. The topological polar surface area (TPSA) is 71.1 Å². The number of pyridine rings is 1. The first kappa shape index (κ1) is 16.7. The van der Waals surface area contributed by atoms with Gasteiger partial charge in [-0.2, -0.15) is 0 Å². The van der Waals surface area contributed by atoms with Crippen LogP contribution in [-0.4, -0.2) is 16.8 Å². The maximum atomic E-state index is 12.5. The van der Waals surface area contributed by atoms with E-state index in [0.717, 1.165) is 5.56 Å². The highest BCUT2D eigenvalue weighted by molar-refractivity contribution is 6.36. The lowest BCUT2D eigenvalue weighted by Crippen LogP contribution is -2.39. The molecule has 7 heteroatoms. The fourth-order valence-electron chi connectivity index (χ4n) is 2.37. The second-order valence-electron chi connectivity index (χ2n) is 5.70. The van der Waals surface area contributed by atoms with Crippen molar-refractivity contribution in [3.63, 3.8) is 0 Å². The Hall–Kier alpha value is -2.11. The van der Waals surface area contributed by atoms with E-state index in [0.29, 0.717) is 35.1 Å². The van der Waals surface area contributed by atoms with E-state index in [4.69, 9.17) is 23.2 Å². The largest absolute Gasteiger partial charge is 0.351 e. The molecule has 0 unspecified atom stereocenters. The zero-order chi connectivity index (χ0) is 17.2. The van der Waals surface area contributed by atoms with Crippen molar-refractivity contribution in [2.75, 3.05) is 5.32 Å². The predicted molar refractivity (Wildman–Crippen MR) is 92.8 cm³/mol. The van der Waals surface area contributed by atoms with Crippen LogP contribution in [0.15, 0.2) is 42.7 Å². The predicted octanol–water partition coefficient (Wildman–Crippen LogP) is 3.42. The lowest BCUT2D eigenvalue weighted by Gasteiger charge is -2.16. The third-order valence-corrected chi connectivity index (χ3v) is 4.56. The molecule has 1 fully saturated rings. The Kier molecular flexibility index (Phi) is 4.73. The normalized spacial score (nSPS) is 14.8. The van der Waals surface area contributed by atoms with Gasteiger partial charge in [0.05, 0.1) is 10.7 Å². The molecule has 1 aromatic carbocycles. The highest BCUT2D eigenvalue weighted by atomic mass is 35.5. The van der Waals surface area contributed by atoms with E-state index >= 15 is 0 Å². The van der Waals surface area contributed by atoms with Crippen molar-refractivity contribution in [2.45, 2.75) is 19.4 Å². The minimum absolute atomic E-state index is 0.282. The molecule has 2 amide bonds. The zero-order valence-electron chi connectivity index (χ0n) is 12.7. The SMILES string of the molecule is O=C(NCc1ccncc1)C1(C(=O)Nc2cc(Cl)ccc2Cl)CC1. The number of aromatic nitrogens is 1. The Labute approximate surface area is 149 Å². The number of nitrogens with one attached hydrogen (secondary N) is 2. The van der Waals surface area contributed by atoms with Gasteiger partial charge in [0.1, 0.15) is 5.41 Å². The van der Waals surface area contributed by atoms with Crippen molar-refractivity contribution in [3.05, 3.63) is 58.3 Å². The van der Waals surface area contributed by atoms with Gasteiger partial charge in [-0.1, -0.05) is 23.2 Å². The second-order valence-corrected chi connectivity index (χ2v) is 6.54. The van der Waals surface area contributed by atoms with Gasteiger partial charge in [-0.15, -0.1) is 0 Å². The Balaban J connectivity index is 1.65. The van der Waals surface area contributed by atoms with Crippen molar-refractivity contribution in [1.82, 2.24) is 10.3 Å². The Morgan fingerprint density at radius 1 is 1.08 bits per heavy atom. The van der Waals surface area contributed by atoms with Crippen LogP contribution in [0.5, 0.6) is 0 Å². The molecule has 0 saturated heterocycles. The smallest absolute Gasteiger partial charge is 0.240 e. The quantitative estimate of drug-likeness (QED) is 0.799. The summed E-state index contributed by atoms with van der Waals surface area (Å²) < 4.78 is 0. The van der Waals surface area contributed by atoms with E-state index in [2.05, 4.69) is 15.6 Å². The molecule has 0 spiro atoms. The van der Waals surface area contributed by atoms with Crippen LogP contribution in [0, 0.1) is 5.41 Å². The molecular formula is C17H15Cl2N3O2. The molecule has 2 aromatic rings. The molecule has 1 heterocycles. The molecule has 1 aliphatic rings. The number of carbonyl (C=O) groups is 2. The number of hydrogen-bond acceptors (Lipinski definition) is 3. The van der Waals surface area contributed by atoms with Gasteiger partial charge in [0.15, 0.2) is 0 Å². The van der Waals surface area contributed by atoms with Crippen LogP contribution in [0.2, 0.25) is 10.0 Å². The van der Waals surface area contributed by atoms with Crippen LogP contribution in [0.3, 0.4) is 0 Å². The molecule has 0 atom stereocenters. The van der Waals surface area contributed by atoms with E-state index in [1.165, 1.54) is 0 Å². The van der Waals surface area contributed by atoms with Crippen molar-refractivity contribution >= 4 is 40.7 Å². The van der Waals surface area contributed by atoms with Crippen LogP contribution < -0.4 is 10.6 Å². The van der Waals surface area contributed by atoms with E-state index in [1.54, 1.807) is 30.6 Å². The summed E-state index contributed by atoms with van der Waals surface area (Å²) in [5.41, 5.74) is 0.299. The van der Waals surface area contributed by atoms with Gasteiger partial charge in [0, 0.05) is 24.0 Å². The fourth-order valence-corrected chi connectivity index (χ4v) is 2.71. The molecule has 124 valence electrons. The maximum Gasteiger partial charge on any atom is 0.240 e. The van der Waals surface area contributed by atoms with Crippen LogP contribution in [0.25, 0.3) is 0 Å². The summed E-state index contributed by atoms with van der Waals surface area (Å²) in [7, 11) is 0. The Morgan fingerprint density at radius 3 is 2.46 bits per heavy atom. The van der Waals surface area contributed by atoms with Crippen LogP contribution in [0.1, 0.15) is 18.4 Å². The lowest BCUT2D eigenvalue weighted by atomic mass is 10.0. The first-order chi connectivity index (χ1) is 11.5. The number of halogens is 2. The van der Waals surface area contributed by atoms with Crippen molar-refractivity contribution in [1.29, 1.82) is 0 Å². The summed E-state index contributed by atoms with van der Waals surface area (Å²) in [5.74, 6) is -0.645. The van der Waals surface area contributed by atoms with Gasteiger partial charge < -0.3 is 10.6 Å². The van der Waals surface area contributed by atoms with E-state index in [-0.39, 0.29) is 11.8 Å². The summed E-state index contributed by atoms with van der Waals surface area (Å²) in [6, 6.07) is 8.42. The number of hydrogen-bond donors (Lipinski definition) is 2. The molecule has 0 bridgehead atoms. The van der Waals surface area contributed by atoms with Crippen LogP contribution >= 0.6 is 23.2 Å². The van der Waals surface area contributed by atoms with Gasteiger partial charge >= 0.3 is 0 Å². The lowest BCUT2D eigenvalue weighted by molar-refractivity contribution is -0.134. The van der Waals surface area contributed by atoms with Gasteiger partial charge in [0.2, 0.25) is 11.8 Å². The number of nitrogens with zero attached hydrogens (tertiary/aromatic N) is 1. The first-order valence-corrected chi connectivity index (χ1v) is 8.20. The maximum absolute atomic E-state index is 12.5. The summed E-state index contributed by atoms with van der Waals surface area (Å²) in [6.07, 6.45) is 4.34. The van der Waals surface area contributed by atoms with Crippen molar-refractivity contribution in [2.24, 2.45) is 5.41 Å². The van der Waals surface area contributed by atoms with Gasteiger partial charge in [0.25, 0.3) is 0 Å². The molecular weight excluding hydrogens is 349 g/mol. The van der Waals surface area contributed by atoms with E-state index < -0.39 is 5.41 Å². The van der Waals surface area contributed by atoms with Crippen molar-refractivity contribution in [3.8, 4) is 0 Å². The standard InChI is InChI=1S/C17H15Cl2N3O2/c18-12-1-2-13(19)14(9-12)22-16(24)17(5-6-17)15(23)21-10-11-3-7-20-8-4-11/h1-4,7-9H,5-6,10H2,(H,21,23)(H,22,24). The fraction of sp³-hybridized carbons (Fsp3) is 0.235. The average Bonchev–Trinajstić information content (AvgIpc) is 3.39. The Morgan fingerprint density at radius 2 is 1.79 bits per heavy atom. The Bertz CT molecular complexity index is 777. The minimum Gasteiger partial charge on any atom is -0.351 e. The van der Waals surface area contributed by atoms with Gasteiger partial charge in [-0.05, 0) is 48.7 Å².